The summed E-state index contributed by atoms with van der Waals surface area (Å²) in [7, 11) is 0. The van der Waals surface area contributed by atoms with Gasteiger partial charge in [-0.25, -0.2) is 9.97 Å². The molecule has 0 aliphatic carbocycles. The first-order valence-corrected chi connectivity index (χ1v) is 8.74. The van der Waals surface area contributed by atoms with Crippen molar-refractivity contribution in [2.24, 2.45) is 0 Å². The van der Waals surface area contributed by atoms with Gasteiger partial charge < -0.3 is 20.1 Å². The van der Waals surface area contributed by atoms with E-state index in [2.05, 4.69) is 26.7 Å². The van der Waals surface area contributed by atoms with Crippen molar-refractivity contribution in [3.63, 3.8) is 0 Å². The molecule has 2 saturated heterocycles. The molecule has 8 nitrogen and oxygen atoms in total. The number of aromatic nitrogens is 2. The minimum atomic E-state index is -0.179. The van der Waals surface area contributed by atoms with Crippen LogP contribution in [0.1, 0.15) is 12.5 Å². The lowest BCUT2D eigenvalue weighted by atomic mass is 10.1. The van der Waals surface area contributed by atoms with Crippen molar-refractivity contribution in [3.8, 4) is 17.3 Å². The molecule has 0 radical (unpaired) electrons. The van der Waals surface area contributed by atoms with Crippen LogP contribution in [-0.4, -0.2) is 53.4 Å². The Morgan fingerprint density at radius 2 is 2.00 bits per heavy atom. The summed E-state index contributed by atoms with van der Waals surface area (Å²) in [6, 6.07) is 11.0. The van der Waals surface area contributed by atoms with Gasteiger partial charge in [-0.2, -0.15) is 5.26 Å². The number of nitrogens with zero attached hydrogens (tertiary/aromatic N) is 3. The first kappa shape index (κ1) is 17.4. The van der Waals surface area contributed by atoms with Gasteiger partial charge >= 0.3 is 0 Å². The molecule has 4 unspecified atom stereocenters. The lowest BCUT2D eigenvalue weighted by Gasteiger charge is -2.18. The molecular weight excluding hydrogens is 346 g/mol. The van der Waals surface area contributed by atoms with Gasteiger partial charge in [0.25, 0.3) is 0 Å². The molecular formula is C19H19N5O3. The van der Waals surface area contributed by atoms with Gasteiger partial charge in [-0.05, 0) is 18.2 Å². The van der Waals surface area contributed by atoms with Gasteiger partial charge in [-0.15, -0.1) is 0 Å². The summed E-state index contributed by atoms with van der Waals surface area (Å²) in [5.74, 6) is 0.371. The standard InChI is InChI=1S/C19H19N5O3/c1-11(25)22-15-9-26-18-16(10-27-17(15)18)24-19-21-6-5-14(23-19)13-4-2-3-12(7-13)8-20/h2-7,15-18H,9-10H2,1H3,(H,22,25)(H,21,23,24). The van der Waals surface area contributed by atoms with Gasteiger partial charge in [-0.3, -0.25) is 4.79 Å². The average molecular weight is 365 g/mol. The van der Waals surface area contributed by atoms with Crippen LogP contribution in [-0.2, 0) is 14.3 Å². The summed E-state index contributed by atoms with van der Waals surface area (Å²) in [5, 5.41) is 15.2. The molecule has 0 bridgehead atoms. The number of fused-ring (bicyclic) bond motifs is 1. The first-order valence-electron chi connectivity index (χ1n) is 8.74. The SMILES string of the molecule is CC(=O)NC1COC2C(Nc3nccc(-c4cccc(C#N)c4)n3)COC12. The number of rotatable bonds is 4. The lowest BCUT2D eigenvalue weighted by Crippen LogP contribution is -2.44. The minimum Gasteiger partial charge on any atom is -0.371 e. The van der Waals surface area contributed by atoms with Crippen LogP contribution < -0.4 is 10.6 Å². The third-order valence-electron chi connectivity index (χ3n) is 4.70. The molecule has 27 heavy (non-hydrogen) atoms. The number of hydrogen-bond donors (Lipinski definition) is 2. The van der Waals surface area contributed by atoms with Crippen LogP contribution in [0.3, 0.4) is 0 Å². The highest BCUT2D eigenvalue weighted by Gasteiger charge is 2.48. The summed E-state index contributed by atoms with van der Waals surface area (Å²) in [6.07, 6.45) is 1.32. The number of carbonyl (C=O) groups is 1. The Morgan fingerprint density at radius 3 is 2.78 bits per heavy atom. The average Bonchev–Trinajstić information content (AvgIpc) is 3.25. The first-order chi connectivity index (χ1) is 13.1. The van der Waals surface area contributed by atoms with E-state index in [9.17, 15) is 4.79 Å². The fourth-order valence-corrected chi connectivity index (χ4v) is 3.51. The molecule has 4 rings (SSSR count). The van der Waals surface area contributed by atoms with E-state index in [0.717, 1.165) is 11.3 Å². The van der Waals surface area contributed by atoms with Crippen molar-refractivity contribution < 1.29 is 14.3 Å². The molecule has 2 N–H and O–H groups in total. The van der Waals surface area contributed by atoms with Gasteiger partial charge in [0.1, 0.15) is 12.2 Å². The number of benzene rings is 1. The van der Waals surface area contributed by atoms with E-state index in [-0.39, 0.29) is 30.2 Å². The number of hydrogen-bond acceptors (Lipinski definition) is 7. The van der Waals surface area contributed by atoms with E-state index >= 15 is 0 Å². The third kappa shape index (κ3) is 3.60. The van der Waals surface area contributed by atoms with Gasteiger partial charge in [-0.1, -0.05) is 12.1 Å². The number of ether oxygens (including phenoxy) is 2. The van der Waals surface area contributed by atoms with E-state index in [4.69, 9.17) is 14.7 Å². The lowest BCUT2D eigenvalue weighted by molar-refractivity contribution is -0.120. The van der Waals surface area contributed by atoms with Crippen LogP contribution in [0.15, 0.2) is 36.5 Å². The molecule has 1 aromatic carbocycles. The molecule has 2 fully saturated rings. The fourth-order valence-electron chi connectivity index (χ4n) is 3.51. The molecule has 3 heterocycles. The maximum atomic E-state index is 11.3. The Balaban J connectivity index is 1.48. The zero-order chi connectivity index (χ0) is 18.8. The van der Waals surface area contributed by atoms with Crippen LogP contribution in [0.2, 0.25) is 0 Å². The highest BCUT2D eigenvalue weighted by atomic mass is 16.6. The predicted octanol–water partition coefficient (Wildman–Crippen LogP) is 1.10. The van der Waals surface area contributed by atoms with Crippen LogP contribution >= 0.6 is 0 Å². The Morgan fingerprint density at radius 1 is 1.22 bits per heavy atom. The Hall–Kier alpha value is -3.02. The maximum Gasteiger partial charge on any atom is 0.223 e. The molecule has 4 atom stereocenters. The highest BCUT2D eigenvalue weighted by molar-refractivity contribution is 5.73. The third-order valence-corrected chi connectivity index (χ3v) is 4.70. The Bertz CT molecular complexity index is 897. The molecule has 0 saturated carbocycles. The van der Waals surface area contributed by atoms with Gasteiger partial charge in [0.05, 0.1) is 42.6 Å². The second-order valence-electron chi connectivity index (χ2n) is 6.61. The van der Waals surface area contributed by atoms with Crippen molar-refractivity contribution in [1.82, 2.24) is 15.3 Å². The van der Waals surface area contributed by atoms with E-state index in [1.165, 1.54) is 6.92 Å². The monoisotopic (exact) mass is 365 g/mol. The molecule has 1 aromatic heterocycles. The topological polar surface area (TPSA) is 109 Å². The number of nitriles is 1. The normalized spacial score (nSPS) is 26.2. The summed E-state index contributed by atoms with van der Waals surface area (Å²) >= 11 is 0. The van der Waals surface area contributed by atoms with Crippen LogP contribution in [0.5, 0.6) is 0 Å². The quantitative estimate of drug-likeness (QED) is 0.835. The number of amides is 1. The van der Waals surface area contributed by atoms with Crippen molar-refractivity contribution in [2.45, 2.75) is 31.2 Å². The van der Waals surface area contributed by atoms with E-state index in [0.29, 0.717) is 24.7 Å². The number of carbonyl (C=O) groups excluding carboxylic acids is 1. The second-order valence-corrected chi connectivity index (χ2v) is 6.61. The molecule has 2 aliphatic heterocycles. The summed E-state index contributed by atoms with van der Waals surface area (Å²) in [5.41, 5.74) is 2.16. The van der Waals surface area contributed by atoms with Crippen molar-refractivity contribution in [2.75, 3.05) is 18.5 Å². The predicted molar refractivity (Wildman–Crippen MR) is 96.7 cm³/mol. The Kier molecular flexibility index (Phi) is 4.71. The zero-order valence-electron chi connectivity index (χ0n) is 14.8. The van der Waals surface area contributed by atoms with Gasteiger partial charge in [0.15, 0.2) is 0 Å². The molecule has 2 aliphatic rings. The Labute approximate surface area is 156 Å². The van der Waals surface area contributed by atoms with Crippen LogP contribution in [0, 0.1) is 11.3 Å². The summed E-state index contributed by atoms with van der Waals surface area (Å²) < 4.78 is 11.7. The molecule has 1 amide bonds. The largest absolute Gasteiger partial charge is 0.371 e. The van der Waals surface area contributed by atoms with E-state index < -0.39 is 0 Å². The van der Waals surface area contributed by atoms with Crippen molar-refractivity contribution in [1.29, 1.82) is 5.26 Å². The smallest absolute Gasteiger partial charge is 0.223 e. The summed E-state index contributed by atoms with van der Waals surface area (Å²) in [6.45, 7) is 2.36. The molecule has 2 aromatic rings. The minimum absolute atomic E-state index is 0.0973. The van der Waals surface area contributed by atoms with Crippen LogP contribution in [0.4, 0.5) is 5.95 Å². The highest BCUT2D eigenvalue weighted by Crippen LogP contribution is 2.29. The molecule has 138 valence electrons. The van der Waals surface area contributed by atoms with E-state index in [1.807, 2.05) is 12.1 Å². The van der Waals surface area contributed by atoms with E-state index in [1.54, 1.807) is 24.4 Å². The second kappa shape index (κ2) is 7.31. The zero-order valence-corrected chi connectivity index (χ0v) is 14.8. The summed E-state index contributed by atoms with van der Waals surface area (Å²) in [4.78, 5) is 20.1. The number of anilines is 1. The fraction of sp³-hybridized carbons (Fsp3) is 0.368. The van der Waals surface area contributed by atoms with Gasteiger partial charge in [0, 0.05) is 18.7 Å². The molecule has 0 spiro atoms. The van der Waals surface area contributed by atoms with Crippen molar-refractivity contribution in [3.05, 3.63) is 42.1 Å². The van der Waals surface area contributed by atoms with Crippen molar-refractivity contribution >= 4 is 11.9 Å². The van der Waals surface area contributed by atoms with Crippen LogP contribution in [0.25, 0.3) is 11.3 Å². The van der Waals surface area contributed by atoms with Gasteiger partial charge in [0.2, 0.25) is 11.9 Å². The molecule has 8 heteroatoms. The maximum absolute atomic E-state index is 11.3. The number of nitrogens with one attached hydrogen (secondary N) is 2.